The molecule has 0 saturated heterocycles. The normalized spacial score (nSPS) is 13.5. The van der Waals surface area contributed by atoms with E-state index in [4.69, 9.17) is 38.4 Å². The number of carbonyl (C=O) groups is 1. The van der Waals surface area contributed by atoms with E-state index in [9.17, 15) is 18.8 Å². The van der Waals surface area contributed by atoms with E-state index in [0.717, 1.165) is 30.8 Å². The Balaban J connectivity index is 0.00000420. The maximum absolute atomic E-state index is 13.0. The predicted octanol–water partition coefficient (Wildman–Crippen LogP) is 6.48. The standard InChI is InChI=1S/C27H26Cl2F2N2O5.ClH/c28-20-13-33(35)14-21(29)19(20)12-24(37-26(34)10-8-17-3-1-2-4-22(17)32)18-7-9-23(38-27(30)31)25(11-18)36-15-16-5-6-16;/h1-4,7,9,11,13-14,16,24,27H,5-6,8,10,12,15,32H2;1H/t24-;/m0./s1. The maximum Gasteiger partial charge on any atom is 0.387 e. The summed E-state index contributed by atoms with van der Waals surface area (Å²) in [5.41, 5.74) is 8.19. The van der Waals surface area contributed by atoms with Crippen molar-refractivity contribution in [1.82, 2.24) is 0 Å². The Morgan fingerprint density at radius 1 is 1.10 bits per heavy atom. The fraction of sp³-hybridized carbons (Fsp3) is 0.333. The zero-order valence-electron chi connectivity index (χ0n) is 20.7. The molecule has 39 heavy (non-hydrogen) atoms. The van der Waals surface area contributed by atoms with Gasteiger partial charge in [-0.3, -0.25) is 4.79 Å². The van der Waals surface area contributed by atoms with Gasteiger partial charge in [0.15, 0.2) is 23.9 Å². The van der Waals surface area contributed by atoms with E-state index in [1.54, 1.807) is 12.1 Å². The number of pyridine rings is 1. The van der Waals surface area contributed by atoms with E-state index < -0.39 is 18.7 Å². The van der Waals surface area contributed by atoms with E-state index in [1.165, 1.54) is 18.2 Å². The third-order valence-electron chi connectivity index (χ3n) is 6.10. The first kappa shape index (κ1) is 30.5. The molecule has 1 fully saturated rings. The number of anilines is 1. The summed E-state index contributed by atoms with van der Waals surface area (Å²) in [5, 5.41) is 11.9. The molecule has 0 spiro atoms. The number of aromatic nitrogens is 1. The number of benzene rings is 2. The minimum atomic E-state index is -3.04. The zero-order chi connectivity index (χ0) is 27.2. The van der Waals surface area contributed by atoms with Gasteiger partial charge in [0.05, 0.1) is 6.61 Å². The quantitative estimate of drug-likeness (QED) is 0.110. The lowest BCUT2D eigenvalue weighted by molar-refractivity contribution is -0.605. The van der Waals surface area contributed by atoms with Crippen LogP contribution in [-0.4, -0.2) is 19.2 Å². The molecular formula is C27H27Cl3F2N2O5. The zero-order valence-corrected chi connectivity index (χ0v) is 23.0. The number of halogens is 5. The van der Waals surface area contributed by atoms with Crippen LogP contribution in [0.3, 0.4) is 0 Å². The van der Waals surface area contributed by atoms with Crippen molar-refractivity contribution in [2.45, 2.75) is 44.8 Å². The van der Waals surface area contributed by atoms with Crippen LogP contribution >= 0.6 is 35.6 Å². The number of aryl methyl sites for hydroxylation is 1. The molecular weight excluding hydrogens is 577 g/mol. The number of nitrogens with two attached hydrogens (primary N) is 1. The van der Waals surface area contributed by atoms with Crippen molar-refractivity contribution in [3.63, 3.8) is 0 Å². The Labute approximate surface area is 240 Å². The monoisotopic (exact) mass is 602 g/mol. The Morgan fingerprint density at radius 2 is 1.79 bits per heavy atom. The Morgan fingerprint density at radius 3 is 2.44 bits per heavy atom. The summed E-state index contributed by atoms with van der Waals surface area (Å²) < 4.78 is 42.7. The lowest BCUT2D eigenvalue weighted by atomic mass is 10.0. The number of alkyl halides is 2. The minimum Gasteiger partial charge on any atom is -0.619 e. The van der Waals surface area contributed by atoms with Gasteiger partial charge in [0.2, 0.25) is 0 Å². The van der Waals surface area contributed by atoms with Gasteiger partial charge < -0.3 is 25.2 Å². The number of rotatable bonds is 12. The molecule has 1 aromatic heterocycles. The molecule has 1 saturated carbocycles. The molecule has 0 radical (unpaired) electrons. The smallest absolute Gasteiger partial charge is 0.387 e. The van der Waals surface area contributed by atoms with E-state index in [-0.39, 0.29) is 46.8 Å². The first-order chi connectivity index (χ1) is 18.2. The number of nitrogens with zero attached hydrogens (tertiary/aromatic N) is 1. The SMILES string of the molecule is Cl.Nc1ccccc1CCC(=O)O[C@@H](Cc1c(Cl)c[n+]([O-])cc1Cl)c1ccc(OC(F)F)c(OCC2CC2)c1. The second kappa shape index (κ2) is 13.9. The number of hydrogen-bond acceptors (Lipinski definition) is 6. The molecule has 0 unspecified atom stereocenters. The number of esters is 1. The van der Waals surface area contributed by atoms with Gasteiger partial charge in [0.25, 0.3) is 0 Å². The first-order valence-corrected chi connectivity index (χ1v) is 12.8. The molecule has 4 rings (SSSR count). The fourth-order valence-electron chi connectivity index (χ4n) is 3.88. The topological polar surface area (TPSA) is 97.7 Å². The Hall–Kier alpha value is -3.01. The van der Waals surface area contributed by atoms with Crippen LogP contribution in [0.15, 0.2) is 54.9 Å². The highest BCUT2D eigenvalue weighted by Crippen LogP contribution is 2.38. The van der Waals surface area contributed by atoms with Gasteiger partial charge in [-0.1, -0.05) is 47.5 Å². The molecule has 0 amide bonds. The minimum absolute atomic E-state index is 0. The van der Waals surface area contributed by atoms with E-state index in [1.807, 2.05) is 12.1 Å². The van der Waals surface area contributed by atoms with Gasteiger partial charge in [-0.05, 0) is 54.5 Å². The van der Waals surface area contributed by atoms with Crippen molar-refractivity contribution in [3.8, 4) is 11.5 Å². The van der Waals surface area contributed by atoms with Crippen molar-refractivity contribution in [3.05, 3.63) is 86.8 Å². The van der Waals surface area contributed by atoms with Gasteiger partial charge in [0, 0.05) is 24.1 Å². The average molecular weight is 604 g/mol. The summed E-state index contributed by atoms with van der Waals surface area (Å²) in [6.07, 6.45) is 3.79. The molecule has 2 N–H and O–H groups in total. The second-order valence-electron chi connectivity index (χ2n) is 9.01. The van der Waals surface area contributed by atoms with Crippen molar-refractivity contribution < 1.29 is 32.5 Å². The number of para-hydroxylation sites is 1. The van der Waals surface area contributed by atoms with Crippen LogP contribution in [0.1, 0.15) is 42.1 Å². The molecule has 210 valence electrons. The van der Waals surface area contributed by atoms with Gasteiger partial charge in [-0.2, -0.15) is 13.5 Å². The van der Waals surface area contributed by atoms with E-state index >= 15 is 0 Å². The highest BCUT2D eigenvalue weighted by atomic mass is 35.5. The largest absolute Gasteiger partial charge is 0.619 e. The first-order valence-electron chi connectivity index (χ1n) is 12.0. The molecule has 12 heteroatoms. The van der Waals surface area contributed by atoms with Crippen LogP contribution in [0.2, 0.25) is 10.0 Å². The molecule has 1 aliphatic rings. The number of hydrogen-bond donors (Lipinski definition) is 1. The summed E-state index contributed by atoms with van der Waals surface area (Å²) in [6.45, 7) is -2.69. The Bertz CT molecular complexity index is 1270. The maximum atomic E-state index is 13.0. The van der Waals surface area contributed by atoms with Gasteiger partial charge in [-0.25, -0.2) is 0 Å². The average Bonchev–Trinajstić information content (AvgIpc) is 3.68. The summed E-state index contributed by atoms with van der Waals surface area (Å²) in [4.78, 5) is 12.9. The van der Waals surface area contributed by atoms with Crippen LogP contribution in [0.4, 0.5) is 14.5 Å². The Kier molecular flexibility index (Phi) is 10.9. The summed E-state index contributed by atoms with van der Waals surface area (Å²) >= 11 is 12.6. The predicted molar refractivity (Wildman–Crippen MR) is 146 cm³/mol. The number of carbonyl (C=O) groups excluding carboxylic acids is 1. The summed E-state index contributed by atoms with van der Waals surface area (Å²) in [5.74, 6) is -0.181. The lowest BCUT2D eigenvalue weighted by Crippen LogP contribution is -2.25. The number of nitrogen functional groups attached to an aromatic ring is 1. The molecule has 2 aromatic carbocycles. The van der Waals surface area contributed by atoms with E-state index in [0.29, 0.717) is 40.5 Å². The summed E-state index contributed by atoms with van der Waals surface area (Å²) in [6, 6.07) is 11.6. The van der Waals surface area contributed by atoms with Crippen molar-refractivity contribution >= 4 is 47.3 Å². The lowest BCUT2D eigenvalue weighted by Gasteiger charge is -2.21. The molecule has 7 nitrogen and oxygen atoms in total. The van der Waals surface area contributed by atoms with Crippen LogP contribution < -0.4 is 19.9 Å². The van der Waals surface area contributed by atoms with Crippen molar-refractivity contribution in [2.75, 3.05) is 12.3 Å². The highest BCUT2D eigenvalue weighted by Gasteiger charge is 2.26. The van der Waals surface area contributed by atoms with Gasteiger partial charge >= 0.3 is 12.6 Å². The second-order valence-corrected chi connectivity index (χ2v) is 9.83. The molecule has 1 atom stereocenters. The van der Waals surface area contributed by atoms with Crippen LogP contribution in [0, 0.1) is 11.1 Å². The number of ether oxygens (including phenoxy) is 3. The van der Waals surface area contributed by atoms with Crippen LogP contribution in [0.5, 0.6) is 11.5 Å². The van der Waals surface area contributed by atoms with Crippen LogP contribution in [-0.2, 0) is 22.4 Å². The summed E-state index contributed by atoms with van der Waals surface area (Å²) in [7, 11) is 0. The molecule has 3 aromatic rings. The third kappa shape index (κ3) is 8.74. The highest BCUT2D eigenvalue weighted by molar-refractivity contribution is 6.35. The third-order valence-corrected chi connectivity index (χ3v) is 6.75. The van der Waals surface area contributed by atoms with E-state index in [2.05, 4.69) is 4.74 Å². The van der Waals surface area contributed by atoms with Gasteiger partial charge in [-0.15, -0.1) is 12.4 Å². The van der Waals surface area contributed by atoms with Crippen molar-refractivity contribution in [1.29, 1.82) is 0 Å². The molecule has 1 aliphatic carbocycles. The van der Waals surface area contributed by atoms with Gasteiger partial charge in [0.1, 0.15) is 16.1 Å². The molecule has 0 aliphatic heterocycles. The molecule has 0 bridgehead atoms. The van der Waals surface area contributed by atoms with Crippen molar-refractivity contribution in [2.24, 2.45) is 5.92 Å². The molecule has 1 heterocycles. The fourth-order valence-corrected chi connectivity index (χ4v) is 4.48. The van der Waals surface area contributed by atoms with Crippen LogP contribution in [0.25, 0.3) is 0 Å².